The minimum atomic E-state index is -0.333. The Balaban J connectivity index is 1.95. The van der Waals surface area contributed by atoms with Gasteiger partial charge in [0.25, 0.3) is 11.5 Å². The van der Waals surface area contributed by atoms with Crippen molar-refractivity contribution in [2.75, 3.05) is 0 Å². The van der Waals surface area contributed by atoms with Gasteiger partial charge in [0.1, 0.15) is 5.69 Å². The number of nitrogens with one attached hydrogen (secondary N) is 2. The Morgan fingerprint density at radius 3 is 2.95 bits per heavy atom. The van der Waals surface area contributed by atoms with Gasteiger partial charge in [0.05, 0.1) is 6.20 Å². The van der Waals surface area contributed by atoms with Crippen molar-refractivity contribution in [3.63, 3.8) is 0 Å². The summed E-state index contributed by atoms with van der Waals surface area (Å²) in [7, 11) is 0. The number of pyridine rings is 1. The molecule has 0 spiro atoms. The van der Waals surface area contributed by atoms with Crippen molar-refractivity contribution in [1.29, 1.82) is 0 Å². The Hall–Kier alpha value is -2.50. The molecule has 19 heavy (non-hydrogen) atoms. The maximum absolute atomic E-state index is 11.8. The zero-order chi connectivity index (χ0) is 13.7. The van der Waals surface area contributed by atoms with Gasteiger partial charge in [0, 0.05) is 24.6 Å². The van der Waals surface area contributed by atoms with Gasteiger partial charge in [0.2, 0.25) is 0 Å². The van der Waals surface area contributed by atoms with Crippen LogP contribution in [0.4, 0.5) is 0 Å². The molecule has 2 rings (SSSR count). The van der Waals surface area contributed by atoms with E-state index in [4.69, 9.17) is 0 Å². The lowest BCUT2D eigenvalue weighted by molar-refractivity contribution is 0.0934. The molecular weight excluding hydrogens is 244 g/mol. The Bertz CT molecular complexity index is 589. The minimum absolute atomic E-state index is 0.0505. The van der Waals surface area contributed by atoms with Gasteiger partial charge in [-0.1, -0.05) is 6.07 Å². The fraction of sp³-hybridized carbons (Fsp3) is 0.231. The summed E-state index contributed by atoms with van der Waals surface area (Å²) >= 11 is 0. The summed E-state index contributed by atoms with van der Waals surface area (Å²) in [5.41, 5.74) is 0.905. The molecule has 2 aromatic heterocycles. The Morgan fingerprint density at radius 2 is 2.32 bits per heavy atom. The van der Waals surface area contributed by atoms with Gasteiger partial charge in [-0.25, -0.2) is 4.98 Å². The quantitative estimate of drug-likeness (QED) is 0.837. The van der Waals surface area contributed by atoms with E-state index in [1.54, 1.807) is 12.4 Å². The van der Waals surface area contributed by atoms with Crippen LogP contribution in [-0.4, -0.2) is 26.9 Å². The van der Waals surface area contributed by atoms with E-state index < -0.39 is 0 Å². The molecule has 1 atom stereocenters. The topological polar surface area (TPSA) is 87.7 Å². The van der Waals surface area contributed by atoms with Crippen molar-refractivity contribution in [2.45, 2.75) is 19.4 Å². The molecule has 6 nitrogen and oxygen atoms in total. The van der Waals surface area contributed by atoms with Crippen LogP contribution in [0.3, 0.4) is 0 Å². The third-order valence-corrected chi connectivity index (χ3v) is 2.55. The fourth-order valence-electron chi connectivity index (χ4n) is 1.69. The average Bonchev–Trinajstić information content (AvgIpc) is 2.40. The summed E-state index contributed by atoms with van der Waals surface area (Å²) in [5.74, 6) is -0.312. The molecule has 2 heterocycles. The number of nitrogens with zero attached hydrogens (tertiary/aromatic N) is 2. The van der Waals surface area contributed by atoms with Crippen molar-refractivity contribution >= 4 is 5.91 Å². The van der Waals surface area contributed by atoms with Crippen LogP contribution in [0, 0.1) is 0 Å². The van der Waals surface area contributed by atoms with Crippen LogP contribution in [0.15, 0.2) is 41.7 Å². The highest BCUT2D eigenvalue weighted by Gasteiger charge is 2.11. The largest absolute Gasteiger partial charge is 0.348 e. The summed E-state index contributed by atoms with van der Waals surface area (Å²) in [6.45, 7) is 1.90. The lowest BCUT2D eigenvalue weighted by Crippen LogP contribution is -2.35. The zero-order valence-corrected chi connectivity index (χ0v) is 10.5. The number of hydrogen-bond donors (Lipinski definition) is 2. The van der Waals surface area contributed by atoms with Crippen LogP contribution in [0.5, 0.6) is 0 Å². The number of H-pyrrole nitrogens is 1. The second-order valence-electron chi connectivity index (χ2n) is 4.24. The van der Waals surface area contributed by atoms with Crippen LogP contribution in [0.25, 0.3) is 0 Å². The predicted octanol–water partition coefficient (Wildman–Crippen LogP) is 0.526. The highest BCUT2D eigenvalue weighted by molar-refractivity contribution is 5.92. The molecule has 0 fully saturated rings. The summed E-state index contributed by atoms with van der Waals surface area (Å²) in [6.07, 6.45) is 6.54. The minimum Gasteiger partial charge on any atom is -0.348 e. The molecular formula is C13H14N4O2. The number of aromatic nitrogens is 3. The maximum atomic E-state index is 11.8. The van der Waals surface area contributed by atoms with Crippen LogP contribution in [-0.2, 0) is 6.42 Å². The molecule has 98 valence electrons. The van der Waals surface area contributed by atoms with Crippen LogP contribution in [0.1, 0.15) is 23.0 Å². The number of carbonyl (C=O) groups excluding carboxylic acids is 1. The van der Waals surface area contributed by atoms with Crippen molar-refractivity contribution in [3.8, 4) is 0 Å². The first-order valence-corrected chi connectivity index (χ1v) is 5.89. The molecule has 6 heteroatoms. The van der Waals surface area contributed by atoms with Gasteiger partial charge >= 0.3 is 0 Å². The molecule has 0 aliphatic heterocycles. The summed E-state index contributed by atoms with van der Waals surface area (Å²) in [5, 5.41) is 2.81. The summed E-state index contributed by atoms with van der Waals surface area (Å²) in [4.78, 5) is 32.9. The van der Waals surface area contributed by atoms with Gasteiger partial charge in [-0.15, -0.1) is 0 Å². The van der Waals surface area contributed by atoms with Gasteiger partial charge in [-0.05, 0) is 25.0 Å². The molecule has 0 unspecified atom stereocenters. The fourth-order valence-corrected chi connectivity index (χ4v) is 1.69. The lowest BCUT2D eigenvalue weighted by atomic mass is 10.1. The molecule has 0 saturated carbocycles. The van der Waals surface area contributed by atoms with E-state index >= 15 is 0 Å². The molecule has 0 aromatic carbocycles. The molecule has 1 amide bonds. The summed E-state index contributed by atoms with van der Waals surface area (Å²) < 4.78 is 0. The molecule has 0 radical (unpaired) electrons. The molecule has 0 bridgehead atoms. The van der Waals surface area contributed by atoms with E-state index in [1.165, 1.54) is 6.20 Å². The Labute approximate surface area is 109 Å². The van der Waals surface area contributed by atoms with E-state index in [0.29, 0.717) is 6.42 Å². The first-order chi connectivity index (χ1) is 9.15. The molecule has 2 aromatic rings. The molecule has 0 aliphatic carbocycles. The predicted molar refractivity (Wildman–Crippen MR) is 69.7 cm³/mol. The number of carbonyl (C=O) groups is 1. The van der Waals surface area contributed by atoms with Crippen LogP contribution < -0.4 is 10.9 Å². The van der Waals surface area contributed by atoms with E-state index in [9.17, 15) is 9.59 Å². The van der Waals surface area contributed by atoms with E-state index in [-0.39, 0.29) is 23.2 Å². The van der Waals surface area contributed by atoms with E-state index in [2.05, 4.69) is 20.3 Å². The zero-order valence-electron chi connectivity index (χ0n) is 10.5. The van der Waals surface area contributed by atoms with Gasteiger partial charge in [-0.3, -0.25) is 14.6 Å². The Kier molecular flexibility index (Phi) is 4.02. The Morgan fingerprint density at radius 1 is 1.47 bits per heavy atom. The molecule has 2 N–H and O–H groups in total. The summed E-state index contributed by atoms with van der Waals surface area (Å²) in [6, 6.07) is 3.76. The first-order valence-electron chi connectivity index (χ1n) is 5.89. The maximum Gasteiger partial charge on any atom is 0.271 e. The molecule has 0 aliphatic rings. The van der Waals surface area contributed by atoms with Crippen LogP contribution in [0.2, 0.25) is 0 Å². The first kappa shape index (κ1) is 12.9. The van der Waals surface area contributed by atoms with Gasteiger partial charge in [0.15, 0.2) is 0 Å². The third kappa shape index (κ3) is 3.74. The van der Waals surface area contributed by atoms with Crippen LogP contribution >= 0.6 is 0 Å². The van der Waals surface area contributed by atoms with E-state index in [1.807, 2.05) is 19.1 Å². The lowest BCUT2D eigenvalue weighted by Gasteiger charge is -2.13. The number of amides is 1. The van der Waals surface area contributed by atoms with Crippen molar-refractivity contribution in [1.82, 2.24) is 20.3 Å². The van der Waals surface area contributed by atoms with Gasteiger partial charge < -0.3 is 10.3 Å². The standard InChI is InChI=1S/C13H14N4O2/c1-9(5-10-3-2-4-14-6-10)17-13(19)11-7-16-12(18)8-15-11/h2-4,6-9H,5H2,1H3,(H,16,18)(H,17,19)/t9-/m0/s1. The molecule has 0 saturated heterocycles. The van der Waals surface area contributed by atoms with Gasteiger partial charge in [-0.2, -0.15) is 0 Å². The number of rotatable bonds is 4. The highest BCUT2D eigenvalue weighted by Crippen LogP contribution is 2.01. The number of aromatic amines is 1. The van der Waals surface area contributed by atoms with E-state index in [0.717, 1.165) is 11.8 Å². The monoisotopic (exact) mass is 258 g/mol. The third-order valence-electron chi connectivity index (χ3n) is 2.55. The van der Waals surface area contributed by atoms with Crippen molar-refractivity contribution in [2.24, 2.45) is 0 Å². The van der Waals surface area contributed by atoms with Crippen molar-refractivity contribution in [3.05, 3.63) is 58.5 Å². The second-order valence-corrected chi connectivity index (χ2v) is 4.24. The highest BCUT2D eigenvalue weighted by atomic mass is 16.2. The van der Waals surface area contributed by atoms with Crippen molar-refractivity contribution < 1.29 is 4.79 Å². The SMILES string of the molecule is C[C@@H](Cc1cccnc1)NC(=O)c1c[nH]c(=O)cn1. The second kappa shape index (κ2) is 5.90. The number of hydrogen-bond acceptors (Lipinski definition) is 4. The smallest absolute Gasteiger partial charge is 0.271 e. The normalized spacial score (nSPS) is 11.8. The average molecular weight is 258 g/mol.